The summed E-state index contributed by atoms with van der Waals surface area (Å²) in [6, 6.07) is 8.32. The molecule has 1 aromatic heterocycles. The predicted molar refractivity (Wildman–Crippen MR) is 82.3 cm³/mol. The van der Waals surface area contributed by atoms with Crippen molar-refractivity contribution in [2.24, 2.45) is 0 Å². The molecule has 5 heteroatoms. The molecule has 2 aromatic rings. The van der Waals surface area contributed by atoms with Gasteiger partial charge in [-0.15, -0.1) is 11.3 Å². The number of aromatic nitrogens is 1. The van der Waals surface area contributed by atoms with E-state index in [0.29, 0.717) is 6.42 Å². The summed E-state index contributed by atoms with van der Waals surface area (Å²) in [6.45, 7) is 1.79. The zero-order valence-corrected chi connectivity index (χ0v) is 12.0. The van der Waals surface area contributed by atoms with Crippen molar-refractivity contribution in [3.05, 3.63) is 41.4 Å². The van der Waals surface area contributed by atoms with Crippen LogP contribution in [0.1, 0.15) is 18.4 Å². The van der Waals surface area contributed by atoms with Crippen LogP contribution in [-0.4, -0.2) is 24.0 Å². The highest BCUT2D eigenvalue weighted by Crippen LogP contribution is 2.22. The van der Waals surface area contributed by atoms with Crippen LogP contribution in [0.25, 0.3) is 0 Å². The van der Waals surface area contributed by atoms with Gasteiger partial charge in [0.15, 0.2) is 5.13 Å². The Kier molecular flexibility index (Phi) is 3.97. The number of carbonyl (C=O) groups is 1. The van der Waals surface area contributed by atoms with Gasteiger partial charge >= 0.3 is 0 Å². The highest BCUT2D eigenvalue weighted by atomic mass is 32.1. The number of nitrogens with one attached hydrogen (secondary N) is 1. The van der Waals surface area contributed by atoms with Gasteiger partial charge in [-0.2, -0.15) is 0 Å². The Labute approximate surface area is 122 Å². The maximum atomic E-state index is 11.4. The molecule has 1 aromatic carbocycles. The smallest absolute Gasteiger partial charge is 0.228 e. The third kappa shape index (κ3) is 2.99. The van der Waals surface area contributed by atoms with Crippen LogP contribution in [0.5, 0.6) is 0 Å². The normalized spacial score (nSPS) is 14.2. The standard InChI is InChI=1S/C15H17N3OS/c19-14-7-10-18(14)13-5-3-12(4-6-13)2-1-8-16-15-17-9-11-20-15/h3-6,9,11H,1-2,7-8,10H2,(H,16,17). The lowest BCUT2D eigenvalue weighted by molar-refractivity contribution is -0.122. The number of anilines is 2. The van der Waals surface area contributed by atoms with Gasteiger partial charge in [0.05, 0.1) is 0 Å². The van der Waals surface area contributed by atoms with Gasteiger partial charge in [0.2, 0.25) is 5.91 Å². The molecule has 0 radical (unpaired) electrons. The molecule has 0 bridgehead atoms. The maximum Gasteiger partial charge on any atom is 0.228 e. The largest absolute Gasteiger partial charge is 0.362 e. The van der Waals surface area contributed by atoms with Crippen LogP contribution in [0.3, 0.4) is 0 Å². The van der Waals surface area contributed by atoms with Crippen LogP contribution in [0.2, 0.25) is 0 Å². The molecule has 20 heavy (non-hydrogen) atoms. The Hall–Kier alpha value is -1.88. The van der Waals surface area contributed by atoms with Gasteiger partial charge in [-0.25, -0.2) is 4.98 Å². The molecule has 0 unspecified atom stereocenters. The van der Waals surface area contributed by atoms with Crippen molar-refractivity contribution in [3.8, 4) is 0 Å². The molecule has 0 spiro atoms. The Morgan fingerprint density at radius 1 is 1.30 bits per heavy atom. The fourth-order valence-corrected chi connectivity index (χ4v) is 2.79. The molecule has 2 heterocycles. The van der Waals surface area contributed by atoms with Crippen LogP contribution in [0.15, 0.2) is 35.8 Å². The van der Waals surface area contributed by atoms with Gasteiger partial charge in [-0.1, -0.05) is 12.1 Å². The summed E-state index contributed by atoms with van der Waals surface area (Å²) in [6.07, 6.45) is 4.60. The summed E-state index contributed by atoms with van der Waals surface area (Å²) < 4.78 is 0. The number of rotatable bonds is 6. The van der Waals surface area contributed by atoms with Gasteiger partial charge in [0, 0.05) is 36.8 Å². The molecule has 0 saturated carbocycles. The molecule has 4 nitrogen and oxygen atoms in total. The second-order valence-electron chi connectivity index (χ2n) is 4.83. The van der Waals surface area contributed by atoms with E-state index in [1.807, 2.05) is 28.6 Å². The van der Waals surface area contributed by atoms with Crippen molar-refractivity contribution in [1.82, 2.24) is 4.98 Å². The first-order chi connectivity index (χ1) is 9.83. The highest BCUT2D eigenvalue weighted by Gasteiger charge is 2.24. The number of thiazole rings is 1. The number of hydrogen-bond donors (Lipinski definition) is 1. The average Bonchev–Trinajstić information content (AvgIpc) is 2.97. The summed E-state index contributed by atoms with van der Waals surface area (Å²) >= 11 is 1.62. The number of benzene rings is 1. The minimum Gasteiger partial charge on any atom is -0.362 e. The fraction of sp³-hybridized carbons (Fsp3) is 0.333. The van der Waals surface area contributed by atoms with Crippen molar-refractivity contribution in [1.29, 1.82) is 0 Å². The van der Waals surface area contributed by atoms with E-state index in [1.165, 1.54) is 5.56 Å². The van der Waals surface area contributed by atoms with E-state index in [0.717, 1.165) is 36.8 Å². The van der Waals surface area contributed by atoms with Crippen LogP contribution >= 0.6 is 11.3 Å². The van der Waals surface area contributed by atoms with Crippen LogP contribution < -0.4 is 10.2 Å². The second kappa shape index (κ2) is 6.05. The quantitative estimate of drug-likeness (QED) is 0.656. The highest BCUT2D eigenvalue weighted by molar-refractivity contribution is 7.13. The van der Waals surface area contributed by atoms with E-state index in [-0.39, 0.29) is 5.91 Å². The number of hydrogen-bond acceptors (Lipinski definition) is 4. The Bertz CT molecular complexity index is 565. The Morgan fingerprint density at radius 2 is 2.15 bits per heavy atom. The summed E-state index contributed by atoms with van der Waals surface area (Å²) in [4.78, 5) is 17.4. The van der Waals surface area contributed by atoms with E-state index >= 15 is 0 Å². The lowest BCUT2D eigenvalue weighted by Gasteiger charge is -2.30. The molecule has 1 aliphatic heterocycles. The lowest BCUT2D eigenvalue weighted by Crippen LogP contribution is -2.43. The molecule has 1 amide bonds. The minimum absolute atomic E-state index is 0.227. The maximum absolute atomic E-state index is 11.4. The molecule has 1 saturated heterocycles. The van der Waals surface area contributed by atoms with Crippen molar-refractivity contribution >= 4 is 28.1 Å². The summed E-state index contributed by atoms with van der Waals surface area (Å²) in [7, 11) is 0. The number of nitrogens with zero attached hydrogens (tertiary/aromatic N) is 2. The summed E-state index contributed by atoms with van der Waals surface area (Å²) in [5.41, 5.74) is 2.33. The topological polar surface area (TPSA) is 45.2 Å². The Balaban J connectivity index is 1.45. The molecule has 0 atom stereocenters. The molecule has 1 N–H and O–H groups in total. The average molecular weight is 287 g/mol. The number of amides is 1. The molecule has 1 fully saturated rings. The molecule has 0 aliphatic carbocycles. The predicted octanol–water partition coefficient (Wildman–Crippen LogP) is 2.92. The fourth-order valence-electron chi connectivity index (χ4n) is 2.23. The van der Waals surface area contributed by atoms with Crippen molar-refractivity contribution in [2.45, 2.75) is 19.3 Å². The third-order valence-electron chi connectivity index (χ3n) is 3.45. The van der Waals surface area contributed by atoms with E-state index in [1.54, 1.807) is 11.3 Å². The van der Waals surface area contributed by atoms with Gasteiger partial charge in [0.1, 0.15) is 0 Å². The summed E-state index contributed by atoms with van der Waals surface area (Å²) in [5.74, 6) is 0.227. The molecule has 104 valence electrons. The van der Waals surface area contributed by atoms with Gasteiger partial charge in [0.25, 0.3) is 0 Å². The third-order valence-corrected chi connectivity index (χ3v) is 4.18. The van der Waals surface area contributed by atoms with Gasteiger partial charge < -0.3 is 10.2 Å². The minimum atomic E-state index is 0.227. The van der Waals surface area contributed by atoms with E-state index in [2.05, 4.69) is 22.4 Å². The number of β-lactam (4-membered cyclic amide) rings is 1. The molecular formula is C15H17N3OS. The van der Waals surface area contributed by atoms with Crippen molar-refractivity contribution in [3.63, 3.8) is 0 Å². The first-order valence-corrected chi connectivity index (χ1v) is 7.73. The first kappa shape index (κ1) is 13.1. The molecular weight excluding hydrogens is 270 g/mol. The number of carbonyl (C=O) groups excluding carboxylic acids is 1. The summed E-state index contributed by atoms with van der Waals surface area (Å²) in [5, 5.41) is 6.26. The zero-order valence-electron chi connectivity index (χ0n) is 11.2. The van der Waals surface area contributed by atoms with E-state index in [9.17, 15) is 4.79 Å². The van der Waals surface area contributed by atoms with Gasteiger partial charge in [-0.3, -0.25) is 4.79 Å². The Morgan fingerprint density at radius 3 is 2.75 bits per heavy atom. The first-order valence-electron chi connectivity index (χ1n) is 6.85. The second-order valence-corrected chi connectivity index (χ2v) is 5.72. The van der Waals surface area contributed by atoms with Crippen molar-refractivity contribution in [2.75, 3.05) is 23.3 Å². The molecule has 1 aliphatic rings. The van der Waals surface area contributed by atoms with Gasteiger partial charge in [-0.05, 0) is 30.5 Å². The zero-order chi connectivity index (χ0) is 13.8. The van der Waals surface area contributed by atoms with E-state index < -0.39 is 0 Å². The van der Waals surface area contributed by atoms with Crippen LogP contribution in [0, 0.1) is 0 Å². The van der Waals surface area contributed by atoms with Crippen LogP contribution in [-0.2, 0) is 11.2 Å². The molecule has 3 rings (SSSR count). The lowest BCUT2D eigenvalue weighted by atomic mass is 10.1. The van der Waals surface area contributed by atoms with Crippen molar-refractivity contribution < 1.29 is 4.79 Å². The van der Waals surface area contributed by atoms with Crippen LogP contribution in [0.4, 0.5) is 10.8 Å². The number of aryl methyl sites for hydroxylation is 1. The monoisotopic (exact) mass is 287 g/mol. The SMILES string of the molecule is O=C1CCN1c1ccc(CCCNc2nccs2)cc1. The van der Waals surface area contributed by atoms with E-state index in [4.69, 9.17) is 0 Å².